The summed E-state index contributed by atoms with van der Waals surface area (Å²) in [6.45, 7) is 1.88. The minimum atomic E-state index is -1.13. The molecule has 2 rings (SSSR count). The van der Waals surface area contributed by atoms with E-state index in [2.05, 4.69) is 15.3 Å². The highest BCUT2D eigenvalue weighted by molar-refractivity contribution is 6.35. The topological polar surface area (TPSA) is 75.1 Å². The average Bonchev–Trinajstić information content (AvgIpc) is 2.38. The Hall–Kier alpha value is -1.85. The molecule has 0 amide bonds. The molecule has 0 spiro atoms. The van der Waals surface area contributed by atoms with Crippen molar-refractivity contribution in [1.82, 2.24) is 9.97 Å². The number of halogens is 2. The summed E-state index contributed by atoms with van der Waals surface area (Å²) in [6, 6.07) is 5.02. The molecule has 20 heavy (non-hydrogen) atoms. The van der Waals surface area contributed by atoms with Crippen LogP contribution in [0.1, 0.15) is 29.0 Å². The van der Waals surface area contributed by atoms with E-state index >= 15 is 0 Å². The average molecular weight is 312 g/mol. The lowest BCUT2D eigenvalue weighted by Crippen LogP contribution is -2.11. The van der Waals surface area contributed by atoms with Gasteiger partial charge in [0.1, 0.15) is 5.82 Å². The zero-order chi connectivity index (χ0) is 14.7. The van der Waals surface area contributed by atoms with E-state index in [0.29, 0.717) is 15.9 Å². The molecule has 1 unspecified atom stereocenters. The van der Waals surface area contributed by atoms with E-state index in [1.807, 2.05) is 6.92 Å². The first-order valence-corrected chi connectivity index (χ1v) is 6.50. The van der Waals surface area contributed by atoms with Crippen molar-refractivity contribution in [2.45, 2.75) is 13.0 Å². The predicted octanol–water partition coefficient (Wildman–Crippen LogP) is 3.65. The Kier molecular flexibility index (Phi) is 4.42. The first-order valence-electron chi connectivity index (χ1n) is 5.74. The van der Waals surface area contributed by atoms with Crippen LogP contribution >= 0.6 is 23.2 Å². The number of aromatic carboxylic acids is 1. The van der Waals surface area contributed by atoms with E-state index < -0.39 is 5.97 Å². The fourth-order valence-electron chi connectivity index (χ4n) is 1.69. The highest BCUT2D eigenvalue weighted by Crippen LogP contribution is 2.27. The van der Waals surface area contributed by atoms with Gasteiger partial charge in [-0.25, -0.2) is 9.78 Å². The molecular weight excluding hydrogens is 301 g/mol. The quantitative estimate of drug-likeness (QED) is 0.901. The van der Waals surface area contributed by atoms with Gasteiger partial charge in [-0.2, -0.15) is 0 Å². The van der Waals surface area contributed by atoms with Crippen molar-refractivity contribution in [2.75, 3.05) is 5.32 Å². The molecule has 1 heterocycles. The minimum absolute atomic E-state index is 0.121. The molecular formula is C13H11Cl2N3O2. The number of rotatable bonds is 4. The number of benzene rings is 1. The Labute approximate surface area is 125 Å². The molecule has 1 aromatic heterocycles. The number of carboxylic acids is 1. The van der Waals surface area contributed by atoms with Gasteiger partial charge in [-0.1, -0.05) is 29.3 Å². The van der Waals surface area contributed by atoms with Crippen LogP contribution in [0.5, 0.6) is 0 Å². The van der Waals surface area contributed by atoms with Crippen LogP contribution in [0.2, 0.25) is 10.0 Å². The molecule has 1 aromatic carbocycles. The van der Waals surface area contributed by atoms with Crippen LogP contribution in [-0.2, 0) is 0 Å². The van der Waals surface area contributed by atoms with Crippen molar-refractivity contribution in [3.05, 3.63) is 51.9 Å². The lowest BCUT2D eigenvalue weighted by molar-refractivity contribution is 0.0690. The van der Waals surface area contributed by atoms with Gasteiger partial charge in [0.05, 0.1) is 18.4 Å². The second-order valence-corrected chi connectivity index (χ2v) is 4.97. The lowest BCUT2D eigenvalue weighted by Gasteiger charge is -2.16. The number of carboxylic acid groups (broad SMARTS) is 1. The first-order chi connectivity index (χ1) is 9.47. The summed E-state index contributed by atoms with van der Waals surface area (Å²) in [5.74, 6) is -0.762. The van der Waals surface area contributed by atoms with Gasteiger partial charge in [0.25, 0.3) is 0 Å². The highest BCUT2D eigenvalue weighted by Gasteiger charge is 2.12. The molecule has 0 saturated heterocycles. The summed E-state index contributed by atoms with van der Waals surface area (Å²) in [6.07, 6.45) is 2.64. The first kappa shape index (κ1) is 14.6. The third-order valence-electron chi connectivity index (χ3n) is 2.65. The molecule has 0 aliphatic rings. The summed E-state index contributed by atoms with van der Waals surface area (Å²) >= 11 is 12.0. The molecule has 104 valence electrons. The largest absolute Gasteiger partial charge is 0.476 e. The third-order valence-corrected chi connectivity index (χ3v) is 3.21. The molecule has 0 bridgehead atoms. The van der Waals surface area contributed by atoms with Crippen molar-refractivity contribution in [1.29, 1.82) is 0 Å². The number of nitrogens with zero attached hydrogens (tertiary/aromatic N) is 2. The second kappa shape index (κ2) is 6.07. The number of nitrogens with one attached hydrogen (secondary N) is 1. The van der Waals surface area contributed by atoms with Gasteiger partial charge in [-0.3, -0.25) is 4.98 Å². The molecule has 0 saturated carbocycles. The summed E-state index contributed by atoms with van der Waals surface area (Å²) in [5, 5.41) is 13.0. The molecule has 1 atom stereocenters. The van der Waals surface area contributed by atoms with Crippen LogP contribution in [0.3, 0.4) is 0 Å². The maximum Gasteiger partial charge on any atom is 0.356 e. The number of anilines is 1. The van der Waals surface area contributed by atoms with Crippen molar-refractivity contribution in [2.24, 2.45) is 0 Å². The number of hydrogen-bond donors (Lipinski definition) is 2. The maximum atomic E-state index is 10.8. The lowest BCUT2D eigenvalue weighted by atomic mass is 10.1. The fraction of sp³-hybridized carbons (Fsp3) is 0.154. The smallest absolute Gasteiger partial charge is 0.356 e. The van der Waals surface area contributed by atoms with E-state index in [0.717, 1.165) is 5.56 Å². The van der Waals surface area contributed by atoms with Crippen LogP contribution in [-0.4, -0.2) is 21.0 Å². The Balaban J connectivity index is 2.21. The van der Waals surface area contributed by atoms with Gasteiger partial charge < -0.3 is 10.4 Å². The van der Waals surface area contributed by atoms with Crippen LogP contribution in [0, 0.1) is 0 Å². The Morgan fingerprint density at radius 2 is 2.10 bits per heavy atom. The maximum absolute atomic E-state index is 10.8. The predicted molar refractivity (Wildman–Crippen MR) is 77.5 cm³/mol. The molecule has 0 aliphatic heterocycles. The van der Waals surface area contributed by atoms with Gasteiger partial charge in [-0.15, -0.1) is 0 Å². The number of carbonyl (C=O) groups is 1. The van der Waals surface area contributed by atoms with Gasteiger partial charge in [-0.05, 0) is 24.6 Å². The van der Waals surface area contributed by atoms with Crippen LogP contribution < -0.4 is 5.32 Å². The summed E-state index contributed by atoms with van der Waals surface area (Å²) in [5.41, 5.74) is 0.711. The van der Waals surface area contributed by atoms with E-state index in [9.17, 15) is 4.79 Å². The van der Waals surface area contributed by atoms with Crippen molar-refractivity contribution in [3.63, 3.8) is 0 Å². The molecule has 5 nitrogen and oxygen atoms in total. The van der Waals surface area contributed by atoms with E-state index in [1.54, 1.807) is 18.2 Å². The monoisotopic (exact) mass is 311 g/mol. The number of aromatic nitrogens is 2. The second-order valence-electron chi connectivity index (χ2n) is 4.13. The van der Waals surface area contributed by atoms with E-state index in [-0.39, 0.29) is 11.7 Å². The molecule has 0 fully saturated rings. The summed E-state index contributed by atoms with van der Waals surface area (Å²) < 4.78 is 0. The van der Waals surface area contributed by atoms with Gasteiger partial charge in [0, 0.05) is 10.0 Å². The Morgan fingerprint density at radius 1 is 1.35 bits per heavy atom. The van der Waals surface area contributed by atoms with Crippen molar-refractivity contribution >= 4 is 35.0 Å². The zero-order valence-corrected chi connectivity index (χ0v) is 12.0. The summed E-state index contributed by atoms with van der Waals surface area (Å²) in [4.78, 5) is 18.6. The van der Waals surface area contributed by atoms with Crippen molar-refractivity contribution < 1.29 is 9.90 Å². The Morgan fingerprint density at radius 3 is 2.75 bits per heavy atom. The SMILES string of the molecule is CC(Nc1cncc(C(=O)O)n1)c1ccc(Cl)cc1Cl. The van der Waals surface area contributed by atoms with Gasteiger partial charge in [0.15, 0.2) is 5.69 Å². The van der Waals surface area contributed by atoms with Crippen molar-refractivity contribution in [3.8, 4) is 0 Å². The molecule has 2 aromatic rings. The van der Waals surface area contributed by atoms with Crippen LogP contribution in [0.25, 0.3) is 0 Å². The third kappa shape index (κ3) is 3.37. The fourth-order valence-corrected chi connectivity index (χ4v) is 2.26. The minimum Gasteiger partial charge on any atom is -0.476 e. The van der Waals surface area contributed by atoms with Crippen LogP contribution in [0.15, 0.2) is 30.6 Å². The normalized spacial score (nSPS) is 11.9. The zero-order valence-electron chi connectivity index (χ0n) is 10.5. The molecule has 0 radical (unpaired) electrons. The van der Waals surface area contributed by atoms with Gasteiger partial charge in [0.2, 0.25) is 0 Å². The molecule has 0 aliphatic carbocycles. The standard InChI is InChI=1S/C13H11Cl2N3O2/c1-7(9-3-2-8(14)4-10(9)15)17-12-6-16-5-11(18-12)13(19)20/h2-7H,1H3,(H,17,18)(H,19,20). The summed E-state index contributed by atoms with van der Waals surface area (Å²) in [7, 11) is 0. The molecule has 7 heteroatoms. The number of hydrogen-bond acceptors (Lipinski definition) is 4. The Bertz CT molecular complexity index is 649. The van der Waals surface area contributed by atoms with Gasteiger partial charge >= 0.3 is 5.97 Å². The highest BCUT2D eigenvalue weighted by atomic mass is 35.5. The van der Waals surface area contributed by atoms with E-state index in [4.69, 9.17) is 28.3 Å². The molecule has 2 N–H and O–H groups in total. The van der Waals surface area contributed by atoms with E-state index in [1.165, 1.54) is 12.4 Å². The van der Waals surface area contributed by atoms with Crippen LogP contribution in [0.4, 0.5) is 5.82 Å².